The molecule has 14 heavy (non-hydrogen) atoms. The highest BCUT2D eigenvalue weighted by Crippen LogP contribution is 2.53. The number of alkyl halides is 1. The Morgan fingerprint density at radius 1 is 1.07 bits per heavy atom. The van der Waals surface area contributed by atoms with Crippen molar-refractivity contribution in [3.63, 3.8) is 0 Å². The van der Waals surface area contributed by atoms with E-state index in [0.29, 0.717) is 13.0 Å². The van der Waals surface area contributed by atoms with Gasteiger partial charge in [-0.3, -0.25) is 0 Å². The number of ether oxygens (including phenoxy) is 1. The molecule has 0 radical (unpaired) electrons. The van der Waals surface area contributed by atoms with E-state index in [9.17, 15) is 0 Å². The molecule has 0 N–H and O–H groups in total. The van der Waals surface area contributed by atoms with Crippen molar-refractivity contribution in [2.45, 2.75) is 11.3 Å². The van der Waals surface area contributed by atoms with Crippen LogP contribution in [-0.4, -0.2) is 18.6 Å². The first kappa shape index (κ1) is 13.0. The molecule has 0 bridgehead atoms. The first-order chi connectivity index (χ1) is 6.45. The molecule has 1 rings (SSSR count). The van der Waals surface area contributed by atoms with Crippen LogP contribution in [0.15, 0.2) is 20.1 Å². The zero-order chi connectivity index (χ0) is 10.9. The molecule has 6 heteroatoms. The van der Waals surface area contributed by atoms with Crippen molar-refractivity contribution in [1.82, 2.24) is 0 Å². The van der Waals surface area contributed by atoms with E-state index in [4.69, 9.17) is 62.7 Å². The molecule has 0 saturated heterocycles. The van der Waals surface area contributed by atoms with Crippen molar-refractivity contribution in [2.24, 2.45) is 0 Å². The zero-order valence-electron chi connectivity index (χ0n) is 7.21. The molecule has 0 aromatic rings. The predicted octanol–water partition coefficient (Wildman–Crippen LogP) is 4.39. The second-order valence-corrected chi connectivity index (χ2v) is 4.96. The molecule has 0 saturated carbocycles. The van der Waals surface area contributed by atoms with Gasteiger partial charge in [0.15, 0.2) is 0 Å². The van der Waals surface area contributed by atoms with Crippen molar-refractivity contribution in [2.75, 3.05) is 13.7 Å². The maximum Gasteiger partial charge on any atom is 0.121 e. The predicted molar refractivity (Wildman–Crippen MR) is 62.5 cm³/mol. The van der Waals surface area contributed by atoms with E-state index in [2.05, 4.69) is 0 Å². The van der Waals surface area contributed by atoms with Crippen LogP contribution in [0.4, 0.5) is 0 Å². The molecule has 1 nitrogen and oxygen atoms in total. The number of hydrogen-bond acceptors (Lipinski definition) is 1. The number of allylic oxidation sites excluding steroid dienone is 4. The van der Waals surface area contributed by atoms with Gasteiger partial charge in [0.05, 0.1) is 20.1 Å². The molecule has 0 aromatic carbocycles. The summed E-state index contributed by atoms with van der Waals surface area (Å²) in [7, 11) is 1.56. The van der Waals surface area contributed by atoms with E-state index in [1.54, 1.807) is 7.11 Å². The largest absolute Gasteiger partial charge is 0.385 e. The molecule has 0 amide bonds. The highest BCUT2D eigenvalue weighted by atomic mass is 35.5. The lowest BCUT2D eigenvalue weighted by Gasteiger charge is -2.21. The summed E-state index contributed by atoms with van der Waals surface area (Å²) in [5.41, 5.74) is 0. The normalized spacial score (nSPS) is 21.0. The molecule has 1 aliphatic carbocycles. The second kappa shape index (κ2) is 4.82. The fraction of sp³-hybridized carbons (Fsp3) is 0.500. The molecule has 0 aliphatic heterocycles. The molecular formula is C8H7Cl5O. The Balaban J connectivity index is 3.00. The van der Waals surface area contributed by atoms with Crippen molar-refractivity contribution in [1.29, 1.82) is 0 Å². The molecule has 80 valence electrons. The molecular weight excluding hydrogens is 289 g/mol. The summed E-state index contributed by atoms with van der Waals surface area (Å²) in [4.78, 5) is -1.02. The lowest BCUT2D eigenvalue weighted by atomic mass is 10.1. The molecule has 0 atom stereocenters. The topological polar surface area (TPSA) is 9.23 Å². The van der Waals surface area contributed by atoms with Gasteiger partial charge in [-0.25, -0.2) is 0 Å². The minimum absolute atomic E-state index is 0.212. The van der Waals surface area contributed by atoms with Gasteiger partial charge in [-0.05, 0) is 0 Å². The van der Waals surface area contributed by atoms with Gasteiger partial charge in [0.25, 0.3) is 0 Å². The number of rotatable bonds is 3. The van der Waals surface area contributed by atoms with Crippen LogP contribution in [0.25, 0.3) is 0 Å². The standard InChI is InChI=1S/C8H7Cl5O/c1-14-3-2-8(13)6(11)4(9)5(10)7(8)12/h2-3H2,1H3. The summed E-state index contributed by atoms with van der Waals surface area (Å²) in [5, 5.41) is 0.939. The SMILES string of the molecule is COCCC1(Cl)C(Cl)=C(Cl)C(Cl)=C1Cl. The fourth-order valence-electron chi connectivity index (χ4n) is 1.10. The van der Waals surface area contributed by atoms with Gasteiger partial charge < -0.3 is 4.74 Å². The summed E-state index contributed by atoms with van der Waals surface area (Å²) < 4.78 is 4.90. The minimum atomic E-state index is -1.02. The molecule has 0 spiro atoms. The van der Waals surface area contributed by atoms with Crippen LogP contribution in [0.2, 0.25) is 0 Å². The van der Waals surface area contributed by atoms with Crippen molar-refractivity contribution in [3.8, 4) is 0 Å². The van der Waals surface area contributed by atoms with Gasteiger partial charge in [0.2, 0.25) is 0 Å². The Morgan fingerprint density at radius 2 is 1.50 bits per heavy atom. The van der Waals surface area contributed by atoms with Crippen molar-refractivity contribution in [3.05, 3.63) is 20.1 Å². The Kier molecular flexibility index (Phi) is 4.46. The Labute approximate surface area is 108 Å². The molecule has 0 fully saturated rings. The highest BCUT2D eigenvalue weighted by Gasteiger charge is 2.43. The van der Waals surface area contributed by atoms with Crippen molar-refractivity contribution < 1.29 is 4.74 Å². The summed E-state index contributed by atoms with van der Waals surface area (Å²) in [6.45, 7) is 0.421. The third-order valence-corrected chi connectivity index (χ3v) is 4.75. The van der Waals surface area contributed by atoms with E-state index in [0.717, 1.165) is 0 Å². The van der Waals surface area contributed by atoms with Crippen LogP contribution in [0.3, 0.4) is 0 Å². The Bertz CT molecular complexity index is 283. The van der Waals surface area contributed by atoms with E-state index < -0.39 is 4.87 Å². The van der Waals surface area contributed by atoms with Gasteiger partial charge in [-0.2, -0.15) is 0 Å². The van der Waals surface area contributed by atoms with Gasteiger partial charge in [0.1, 0.15) is 4.87 Å². The van der Waals surface area contributed by atoms with Gasteiger partial charge in [0, 0.05) is 20.1 Å². The fourth-order valence-corrected chi connectivity index (χ4v) is 2.69. The van der Waals surface area contributed by atoms with E-state index >= 15 is 0 Å². The third-order valence-electron chi connectivity index (χ3n) is 1.92. The first-order valence-corrected chi connectivity index (χ1v) is 5.64. The molecule has 0 heterocycles. The molecule has 0 aromatic heterocycles. The van der Waals surface area contributed by atoms with Crippen LogP contribution in [-0.2, 0) is 4.74 Å². The average molecular weight is 296 g/mol. The monoisotopic (exact) mass is 294 g/mol. The first-order valence-electron chi connectivity index (χ1n) is 3.75. The zero-order valence-corrected chi connectivity index (χ0v) is 11.0. The number of halogens is 5. The Hall–Kier alpha value is 0.890. The number of hydrogen-bond donors (Lipinski definition) is 0. The van der Waals surface area contributed by atoms with Gasteiger partial charge in [-0.15, -0.1) is 11.6 Å². The van der Waals surface area contributed by atoms with Crippen LogP contribution in [0.5, 0.6) is 0 Å². The van der Waals surface area contributed by atoms with Gasteiger partial charge >= 0.3 is 0 Å². The second-order valence-electron chi connectivity index (χ2n) is 2.80. The Morgan fingerprint density at radius 3 is 1.86 bits per heavy atom. The smallest absolute Gasteiger partial charge is 0.121 e. The van der Waals surface area contributed by atoms with Crippen molar-refractivity contribution >= 4 is 58.0 Å². The van der Waals surface area contributed by atoms with E-state index in [-0.39, 0.29) is 20.1 Å². The van der Waals surface area contributed by atoms with Gasteiger partial charge in [-0.1, -0.05) is 46.4 Å². The summed E-state index contributed by atoms with van der Waals surface area (Å²) >= 11 is 29.7. The van der Waals surface area contributed by atoms with Crippen LogP contribution >= 0.6 is 58.0 Å². The van der Waals surface area contributed by atoms with Crippen LogP contribution in [0, 0.1) is 0 Å². The lowest BCUT2D eigenvalue weighted by Crippen LogP contribution is -2.22. The van der Waals surface area contributed by atoms with Crippen LogP contribution in [0.1, 0.15) is 6.42 Å². The molecule has 0 unspecified atom stereocenters. The average Bonchev–Trinajstić information content (AvgIpc) is 2.32. The van der Waals surface area contributed by atoms with Crippen LogP contribution < -0.4 is 0 Å². The quantitative estimate of drug-likeness (QED) is 0.702. The van der Waals surface area contributed by atoms with E-state index in [1.807, 2.05) is 0 Å². The maximum atomic E-state index is 6.21. The minimum Gasteiger partial charge on any atom is -0.385 e. The molecule has 1 aliphatic rings. The lowest BCUT2D eigenvalue weighted by molar-refractivity contribution is 0.191. The highest BCUT2D eigenvalue weighted by molar-refractivity contribution is 6.58. The third kappa shape index (κ3) is 2.04. The summed E-state index contributed by atoms with van der Waals surface area (Å²) in [6, 6.07) is 0. The summed E-state index contributed by atoms with van der Waals surface area (Å²) in [5.74, 6) is 0. The number of methoxy groups -OCH3 is 1. The summed E-state index contributed by atoms with van der Waals surface area (Å²) in [6.07, 6.45) is 0.426. The van der Waals surface area contributed by atoms with E-state index in [1.165, 1.54) is 0 Å². The maximum absolute atomic E-state index is 6.21.